The molecule has 138 valence electrons. The van der Waals surface area contributed by atoms with E-state index in [2.05, 4.69) is 11.8 Å². The largest absolute Gasteiger partial charge is 0.481 e. The summed E-state index contributed by atoms with van der Waals surface area (Å²) in [5.41, 5.74) is 1.50. The van der Waals surface area contributed by atoms with Crippen LogP contribution in [-0.2, 0) is 14.8 Å². The number of nitrogens with one attached hydrogen (secondary N) is 1. The Morgan fingerprint density at radius 2 is 1.88 bits per heavy atom. The van der Waals surface area contributed by atoms with Gasteiger partial charge in [0.2, 0.25) is 10.0 Å². The minimum absolute atomic E-state index is 0.0137. The molecule has 25 heavy (non-hydrogen) atoms. The zero-order valence-corrected chi connectivity index (χ0v) is 15.1. The van der Waals surface area contributed by atoms with Crippen LogP contribution in [-0.4, -0.2) is 55.2 Å². The average molecular weight is 370 g/mol. The number of aliphatic hydroxyl groups excluding tert-OH is 1. The molecule has 1 amide bonds. The van der Waals surface area contributed by atoms with E-state index in [0.717, 1.165) is 4.31 Å². The summed E-state index contributed by atoms with van der Waals surface area (Å²) in [6, 6.07) is 4.60. The van der Waals surface area contributed by atoms with E-state index < -0.39 is 22.0 Å². The van der Waals surface area contributed by atoms with E-state index in [1.807, 2.05) is 0 Å². The molecule has 0 saturated heterocycles. The molecule has 8 nitrogen and oxygen atoms in total. The van der Waals surface area contributed by atoms with Gasteiger partial charge in [-0.2, -0.15) is 4.31 Å². The monoisotopic (exact) mass is 370 g/mol. The van der Waals surface area contributed by atoms with Crippen LogP contribution >= 0.6 is 0 Å². The standard InChI is InChI=1S/C16H22N2O6S/c1-12(2)15(16(20)17-21)18(3)25(22,23)14-8-6-13(7-9-14)24-11-5-4-10-19/h6-9,12,15,19,21H,10-11H2,1-3H3,(H,17,20). The number of rotatable bonds is 7. The maximum atomic E-state index is 12.7. The number of sulfonamides is 1. The quantitative estimate of drug-likeness (QED) is 0.359. The highest BCUT2D eigenvalue weighted by Crippen LogP contribution is 2.22. The Morgan fingerprint density at radius 3 is 2.36 bits per heavy atom. The summed E-state index contributed by atoms with van der Waals surface area (Å²) in [7, 11) is -2.66. The number of hydrogen-bond acceptors (Lipinski definition) is 6. The van der Waals surface area contributed by atoms with E-state index in [9.17, 15) is 13.2 Å². The van der Waals surface area contributed by atoms with Gasteiger partial charge in [0.05, 0.1) is 4.90 Å². The fraction of sp³-hybridized carbons (Fsp3) is 0.438. The van der Waals surface area contributed by atoms with Crippen molar-refractivity contribution in [2.24, 2.45) is 5.92 Å². The lowest BCUT2D eigenvalue weighted by atomic mass is 10.0. The van der Waals surface area contributed by atoms with Crippen molar-refractivity contribution in [1.29, 1.82) is 0 Å². The summed E-state index contributed by atoms with van der Waals surface area (Å²) < 4.78 is 31.6. The third-order valence-electron chi connectivity index (χ3n) is 3.42. The van der Waals surface area contributed by atoms with Crippen LogP contribution in [0.25, 0.3) is 0 Å². The smallest absolute Gasteiger partial charge is 0.262 e. The molecule has 0 saturated carbocycles. The van der Waals surface area contributed by atoms with Crippen molar-refractivity contribution in [3.8, 4) is 17.6 Å². The van der Waals surface area contributed by atoms with Crippen LogP contribution in [0.3, 0.4) is 0 Å². The first-order chi connectivity index (χ1) is 11.8. The summed E-state index contributed by atoms with van der Waals surface area (Å²) >= 11 is 0. The number of ether oxygens (including phenoxy) is 1. The van der Waals surface area contributed by atoms with Crippen LogP contribution < -0.4 is 10.2 Å². The van der Waals surface area contributed by atoms with E-state index in [-0.39, 0.29) is 24.0 Å². The molecule has 0 spiro atoms. The summed E-state index contributed by atoms with van der Waals surface area (Å²) in [5, 5.41) is 17.4. The van der Waals surface area contributed by atoms with Crippen LogP contribution in [0.2, 0.25) is 0 Å². The molecule has 9 heteroatoms. The predicted molar refractivity (Wildman–Crippen MR) is 90.3 cm³/mol. The molecular formula is C16H22N2O6S. The molecule has 1 aromatic carbocycles. The zero-order valence-electron chi connectivity index (χ0n) is 14.3. The van der Waals surface area contributed by atoms with Gasteiger partial charge in [0.1, 0.15) is 25.0 Å². The molecule has 0 aromatic heterocycles. The van der Waals surface area contributed by atoms with Gasteiger partial charge in [-0.1, -0.05) is 25.7 Å². The van der Waals surface area contributed by atoms with Gasteiger partial charge in [0, 0.05) is 7.05 Å². The van der Waals surface area contributed by atoms with Crippen molar-refractivity contribution in [3.63, 3.8) is 0 Å². The summed E-state index contributed by atoms with van der Waals surface area (Å²) in [4.78, 5) is 11.8. The first kappa shape index (κ1) is 20.9. The molecule has 0 aliphatic rings. The van der Waals surface area contributed by atoms with Crippen molar-refractivity contribution < 1.29 is 28.3 Å². The van der Waals surface area contributed by atoms with Crippen molar-refractivity contribution in [1.82, 2.24) is 9.79 Å². The van der Waals surface area contributed by atoms with Gasteiger partial charge in [-0.3, -0.25) is 10.0 Å². The number of nitrogens with zero attached hydrogens (tertiary/aromatic N) is 1. The van der Waals surface area contributed by atoms with Crippen molar-refractivity contribution >= 4 is 15.9 Å². The number of hydrogen-bond donors (Lipinski definition) is 3. The summed E-state index contributed by atoms with van der Waals surface area (Å²) in [6.07, 6.45) is 0. The Labute approximate surface area is 147 Å². The van der Waals surface area contributed by atoms with Crippen molar-refractivity contribution in [2.75, 3.05) is 20.3 Å². The topological polar surface area (TPSA) is 116 Å². The van der Waals surface area contributed by atoms with Crippen LogP contribution in [0.4, 0.5) is 0 Å². The minimum Gasteiger partial charge on any atom is -0.481 e. The fourth-order valence-corrected chi connectivity index (χ4v) is 3.65. The van der Waals surface area contributed by atoms with Crippen LogP contribution in [0, 0.1) is 17.8 Å². The fourth-order valence-electron chi connectivity index (χ4n) is 2.20. The van der Waals surface area contributed by atoms with Gasteiger partial charge in [0.25, 0.3) is 5.91 Å². The average Bonchev–Trinajstić information content (AvgIpc) is 2.58. The number of hydroxylamine groups is 1. The number of carbonyl (C=O) groups excluding carboxylic acids is 1. The van der Waals surface area contributed by atoms with Crippen molar-refractivity contribution in [3.05, 3.63) is 24.3 Å². The lowest BCUT2D eigenvalue weighted by molar-refractivity contribution is -0.134. The highest BCUT2D eigenvalue weighted by Gasteiger charge is 2.34. The highest BCUT2D eigenvalue weighted by molar-refractivity contribution is 7.89. The Kier molecular flexibility index (Phi) is 7.86. The lowest BCUT2D eigenvalue weighted by Crippen LogP contribution is -2.49. The minimum atomic E-state index is -3.94. The highest BCUT2D eigenvalue weighted by atomic mass is 32.2. The zero-order chi connectivity index (χ0) is 19.0. The molecule has 1 aromatic rings. The second kappa shape index (κ2) is 9.39. The second-order valence-corrected chi connectivity index (χ2v) is 7.46. The molecule has 0 heterocycles. The Balaban J connectivity index is 2.99. The van der Waals surface area contributed by atoms with E-state index in [1.54, 1.807) is 13.8 Å². The van der Waals surface area contributed by atoms with E-state index in [0.29, 0.717) is 5.75 Å². The Morgan fingerprint density at radius 1 is 1.28 bits per heavy atom. The molecule has 1 unspecified atom stereocenters. The van der Waals surface area contributed by atoms with E-state index >= 15 is 0 Å². The molecule has 0 bridgehead atoms. The number of carbonyl (C=O) groups is 1. The summed E-state index contributed by atoms with van der Waals surface area (Å²) in [5.74, 6) is 4.27. The molecule has 3 N–H and O–H groups in total. The normalized spacial score (nSPS) is 12.4. The maximum Gasteiger partial charge on any atom is 0.262 e. The van der Waals surface area contributed by atoms with Gasteiger partial charge in [-0.15, -0.1) is 0 Å². The number of aliphatic hydroxyl groups is 1. The third kappa shape index (κ3) is 5.44. The predicted octanol–water partition coefficient (Wildman–Crippen LogP) is 0.212. The van der Waals surface area contributed by atoms with Crippen LogP contribution in [0.15, 0.2) is 29.2 Å². The first-order valence-electron chi connectivity index (χ1n) is 7.47. The molecule has 1 rings (SSSR count). The Hall–Kier alpha value is -2.12. The second-order valence-electron chi connectivity index (χ2n) is 5.46. The molecule has 0 radical (unpaired) electrons. The van der Waals surface area contributed by atoms with Crippen LogP contribution in [0.1, 0.15) is 13.8 Å². The van der Waals surface area contributed by atoms with Crippen LogP contribution in [0.5, 0.6) is 5.75 Å². The van der Waals surface area contributed by atoms with Crippen molar-refractivity contribution in [2.45, 2.75) is 24.8 Å². The third-order valence-corrected chi connectivity index (χ3v) is 5.27. The lowest BCUT2D eigenvalue weighted by Gasteiger charge is -2.28. The first-order valence-corrected chi connectivity index (χ1v) is 8.91. The van der Waals surface area contributed by atoms with Gasteiger partial charge >= 0.3 is 0 Å². The molecule has 0 aliphatic heterocycles. The Bertz CT molecular complexity index is 734. The van der Waals surface area contributed by atoms with E-state index in [1.165, 1.54) is 36.8 Å². The van der Waals surface area contributed by atoms with Gasteiger partial charge < -0.3 is 9.84 Å². The number of likely N-dealkylation sites (N-methyl/N-ethyl adjacent to an activating group) is 1. The summed E-state index contributed by atoms with van der Waals surface area (Å²) in [6.45, 7) is 3.16. The number of benzene rings is 1. The van der Waals surface area contributed by atoms with E-state index in [4.69, 9.17) is 15.1 Å². The van der Waals surface area contributed by atoms with Gasteiger partial charge in [0.15, 0.2) is 0 Å². The molecule has 0 fully saturated rings. The molecular weight excluding hydrogens is 348 g/mol. The van der Waals surface area contributed by atoms with Gasteiger partial charge in [-0.25, -0.2) is 13.9 Å². The van der Waals surface area contributed by atoms with Gasteiger partial charge in [-0.05, 0) is 30.2 Å². The SMILES string of the molecule is CC(C)C(C(=O)NO)N(C)S(=O)(=O)c1ccc(OCC#CCO)cc1. The molecule has 0 aliphatic carbocycles. The maximum absolute atomic E-state index is 12.7. The number of amides is 1. The molecule has 1 atom stereocenters.